The zero-order valence-corrected chi connectivity index (χ0v) is 19.0. The van der Waals surface area contributed by atoms with Crippen LogP contribution in [0, 0.1) is 12.7 Å². The smallest absolute Gasteiger partial charge is 0.350 e. The summed E-state index contributed by atoms with van der Waals surface area (Å²) in [5.41, 5.74) is 0.374. The van der Waals surface area contributed by atoms with Crippen molar-refractivity contribution in [1.82, 2.24) is 4.90 Å². The van der Waals surface area contributed by atoms with Gasteiger partial charge in [-0.1, -0.05) is 28.7 Å². The van der Waals surface area contributed by atoms with Gasteiger partial charge in [-0.2, -0.15) is 8.78 Å². The molecule has 1 fully saturated rings. The highest BCUT2D eigenvalue weighted by atomic mass is 127. The van der Waals surface area contributed by atoms with Gasteiger partial charge in [0, 0.05) is 34.3 Å². The Bertz CT molecular complexity index is 992. The van der Waals surface area contributed by atoms with Crippen LogP contribution < -0.4 is 5.32 Å². The number of anilines is 1. The van der Waals surface area contributed by atoms with Gasteiger partial charge in [0.1, 0.15) is 5.82 Å². The minimum Gasteiger partial charge on any atom is -0.393 e. The molecule has 0 bridgehead atoms. The SMILES string of the molecule is Cc1cc(NC(=O)c2ccc(CI)c(C(F)(F)C(=O)N3CCC(O)CC3)c2)ccc1F. The first-order valence-corrected chi connectivity index (χ1v) is 11.3. The standard InChI is InChI=1S/C22H22F3IN2O3/c1-13-10-16(4-5-19(13)23)27-20(30)14-2-3-15(12-26)18(11-14)22(24,25)21(31)28-8-6-17(29)7-9-28/h2-5,10-11,17,29H,6-9,12H2,1H3,(H,27,30). The summed E-state index contributed by atoms with van der Waals surface area (Å²) >= 11 is 1.93. The van der Waals surface area contributed by atoms with E-state index in [4.69, 9.17) is 0 Å². The number of likely N-dealkylation sites (tertiary alicyclic amines) is 1. The van der Waals surface area contributed by atoms with E-state index in [1.807, 2.05) is 22.6 Å². The second-order valence-electron chi connectivity index (χ2n) is 7.52. The van der Waals surface area contributed by atoms with E-state index in [0.717, 1.165) is 11.0 Å². The maximum Gasteiger partial charge on any atom is 0.350 e. The number of aliphatic hydroxyl groups excluding tert-OH is 1. The number of carbonyl (C=O) groups is 2. The lowest BCUT2D eigenvalue weighted by Crippen LogP contribution is -2.47. The van der Waals surface area contributed by atoms with Crippen LogP contribution in [0.1, 0.15) is 39.9 Å². The van der Waals surface area contributed by atoms with Crippen LogP contribution in [0.25, 0.3) is 0 Å². The Morgan fingerprint density at radius 2 is 1.87 bits per heavy atom. The van der Waals surface area contributed by atoms with Gasteiger partial charge in [-0.3, -0.25) is 9.59 Å². The number of rotatable bonds is 5. The van der Waals surface area contributed by atoms with Gasteiger partial charge in [-0.25, -0.2) is 4.39 Å². The number of nitrogens with one attached hydrogen (secondary N) is 1. The molecule has 1 aliphatic heterocycles. The Kier molecular flexibility index (Phi) is 7.25. The Labute approximate surface area is 191 Å². The molecule has 0 saturated carbocycles. The van der Waals surface area contributed by atoms with Crippen molar-refractivity contribution in [3.8, 4) is 0 Å². The fourth-order valence-electron chi connectivity index (χ4n) is 3.43. The van der Waals surface area contributed by atoms with E-state index in [1.165, 1.54) is 30.3 Å². The summed E-state index contributed by atoms with van der Waals surface area (Å²) in [6.45, 7) is 1.66. The summed E-state index contributed by atoms with van der Waals surface area (Å²) in [5, 5.41) is 12.1. The molecule has 2 aromatic rings. The number of amides is 2. The summed E-state index contributed by atoms with van der Waals surface area (Å²) in [6.07, 6.45) is -0.0919. The number of halogens is 4. The number of piperidine rings is 1. The van der Waals surface area contributed by atoms with Gasteiger partial charge in [0.25, 0.3) is 11.8 Å². The first-order chi connectivity index (χ1) is 14.6. The second kappa shape index (κ2) is 9.56. The Hall–Kier alpha value is -2.14. The summed E-state index contributed by atoms with van der Waals surface area (Å²) in [4.78, 5) is 26.3. The molecule has 2 amide bonds. The average Bonchev–Trinajstić information content (AvgIpc) is 2.75. The predicted molar refractivity (Wildman–Crippen MR) is 119 cm³/mol. The highest BCUT2D eigenvalue weighted by molar-refractivity contribution is 14.1. The minimum absolute atomic E-state index is 0.0351. The number of aryl methyl sites for hydroxylation is 1. The van der Waals surface area contributed by atoms with E-state index in [9.17, 15) is 19.1 Å². The molecule has 0 aromatic heterocycles. The molecule has 0 radical (unpaired) electrons. The van der Waals surface area contributed by atoms with E-state index in [1.54, 1.807) is 6.92 Å². The van der Waals surface area contributed by atoms with Crippen molar-refractivity contribution in [3.63, 3.8) is 0 Å². The molecule has 3 rings (SSSR count). The summed E-state index contributed by atoms with van der Waals surface area (Å²) in [6, 6.07) is 7.89. The van der Waals surface area contributed by atoms with E-state index in [-0.39, 0.29) is 41.5 Å². The third kappa shape index (κ3) is 5.20. The third-order valence-corrected chi connectivity index (χ3v) is 6.11. The molecule has 1 aliphatic rings. The number of alkyl halides is 3. The Morgan fingerprint density at radius 3 is 2.48 bits per heavy atom. The number of aliphatic hydroxyl groups is 1. The first-order valence-electron chi connectivity index (χ1n) is 9.75. The molecule has 0 atom stereocenters. The van der Waals surface area contributed by atoms with Crippen LogP contribution in [0.15, 0.2) is 36.4 Å². The van der Waals surface area contributed by atoms with Crippen molar-refractivity contribution in [2.24, 2.45) is 0 Å². The van der Waals surface area contributed by atoms with Crippen LogP contribution in [0.5, 0.6) is 0 Å². The van der Waals surface area contributed by atoms with E-state index < -0.39 is 35.2 Å². The lowest BCUT2D eigenvalue weighted by molar-refractivity contribution is -0.161. The highest BCUT2D eigenvalue weighted by Gasteiger charge is 2.46. The van der Waals surface area contributed by atoms with E-state index in [0.29, 0.717) is 11.3 Å². The maximum atomic E-state index is 15.2. The van der Waals surface area contributed by atoms with Gasteiger partial charge in [-0.15, -0.1) is 0 Å². The number of hydrogen-bond donors (Lipinski definition) is 2. The van der Waals surface area contributed by atoms with Crippen LogP contribution >= 0.6 is 22.6 Å². The molecule has 2 N–H and O–H groups in total. The summed E-state index contributed by atoms with van der Waals surface area (Å²) < 4.78 is 44.1. The first kappa shape index (κ1) is 23.5. The molecule has 5 nitrogen and oxygen atoms in total. The van der Waals surface area contributed by atoms with Crippen molar-refractivity contribution in [1.29, 1.82) is 0 Å². The quantitative estimate of drug-likeness (QED) is 0.432. The summed E-state index contributed by atoms with van der Waals surface area (Å²) in [5.74, 6) is -6.21. The lowest BCUT2D eigenvalue weighted by atomic mass is 9.97. The molecule has 0 aliphatic carbocycles. The van der Waals surface area contributed by atoms with Crippen molar-refractivity contribution < 1.29 is 27.9 Å². The van der Waals surface area contributed by atoms with Crippen molar-refractivity contribution >= 4 is 40.1 Å². The largest absolute Gasteiger partial charge is 0.393 e. The fraction of sp³-hybridized carbons (Fsp3) is 0.364. The van der Waals surface area contributed by atoms with Crippen LogP contribution in [0.4, 0.5) is 18.9 Å². The van der Waals surface area contributed by atoms with Crippen molar-refractivity contribution in [2.75, 3.05) is 18.4 Å². The number of hydrogen-bond acceptors (Lipinski definition) is 3. The normalized spacial score (nSPS) is 15.1. The zero-order valence-electron chi connectivity index (χ0n) is 16.8. The third-order valence-electron chi connectivity index (χ3n) is 5.29. The lowest BCUT2D eigenvalue weighted by Gasteiger charge is -2.32. The molecular weight excluding hydrogens is 524 g/mol. The summed E-state index contributed by atoms with van der Waals surface area (Å²) in [7, 11) is 0. The predicted octanol–water partition coefficient (Wildman–Crippen LogP) is 4.40. The monoisotopic (exact) mass is 546 g/mol. The molecule has 2 aromatic carbocycles. The number of nitrogens with zero attached hydrogens (tertiary/aromatic N) is 1. The molecule has 0 spiro atoms. The molecule has 166 valence electrons. The highest BCUT2D eigenvalue weighted by Crippen LogP contribution is 2.35. The molecular formula is C22H22F3IN2O3. The van der Waals surface area contributed by atoms with Crippen LogP contribution in [0.2, 0.25) is 0 Å². The van der Waals surface area contributed by atoms with Gasteiger partial charge in [0.15, 0.2) is 0 Å². The van der Waals surface area contributed by atoms with Crippen LogP contribution in [-0.4, -0.2) is 41.0 Å². The molecule has 1 heterocycles. The van der Waals surface area contributed by atoms with Gasteiger partial charge in [0.2, 0.25) is 0 Å². The van der Waals surface area contributed by atoms with Crippen LogP contribution in [0.3, 0.4) is 0 Å². The van der Waals surface area contributed by atoms with E-state index >= 15 is 8.78 Å². The van der Waals surface area contributed by atoms with Gasteiger partial charge >= 0.3 is 5.92 Å². The van der Waals surface area contributed by atoms with Gasteiger partial charge in [-0.05, 0) is 61.2 Å². The second-order valence-corrected chi connectivity index (χ2v) is 8.28. The molecule has 1 saturated heterocycles. The molecule has 0 unspecified atom stereocenters. The number of carbonyl (C=O) groups excluding carboxylic acids is 2. The maximum absolute atomic E-state index is 15.2. The van der Waals surface area contributed by atoms with Gasteiger partial charge in [0.05, 0.1) is 6.10 Å². The minimum atomic E-state index is -3.81. The Morgan fingerprint density at radius 1 is 1.19 bits per heavy atom. The fourth-order valence-corrected chi connectivity index (χ4v) is 4.10. The Balaban J connectivity index is 1.87. The molecule has 31 heavy (non-hydrogen) atoms. The zero-order chi connectivity index (χ0) is 22.8. The van der Waals surface area contributed by atoms with Crippen LogP contribution in [-0.2, 0) is 15.1 Å². The van der Waals surface area contributed by atoms with Gasteiger partial charge < -0.3 is 15.3 Å². The molecule has 9 heteroatoms. The van der Waals surface area contributed by atoms with E-state index in [2.05, 4.69) is 5.32 Å². The van der Waals surface area contributed by atoms with Crippen molar-refractivity contribution in [2.45, 2.75) is 36.2 Å². The van der Waals surface area contributed by atoms with Crippen molar-refractivity contribution in [3.05, 3.63) is 64.5 Å². The topological polar surface area (TPSA) is 69.6 Å². The average molecular weight is 546 g/mol. The number of benzene rings is 2.